The first-order chi connectivity index (χ1) is 18.7. The van der Waals surface area contributed by atoms with Gasteiger partial charge in [0.25, 0.3) is 0 Å². The quantitative estimate of drug-likeness (QED) is 0.248. The molecule has 1 atom stereocenters. The van der Waals surface area contributed by atoms with Crippen molar-refractivity contribution in [3.05, 3.63) is 64.0 Å². The number of hydrogen-bond donors (Lipinski definition) is 2. The number of hydrogen-bond acceptors (Lipinski definition) is 7. The Balaban J connectivity index is 1.36. The van der Waals surface area contributed by atoms with Gasteiger partial charge in [-0.25, -0.2) is 13.8 Å². The van der Waals surface area contributed by atoms with Gasteiger partial charge in [-0.05, 0) is 38.1 Å². The molecular formula is C27H25Cl2F2N7O. The molecular weight excluding hydrogens is 547 g/mol. The number of halogens is 4. The number of aromatic amines is 1. The SMILES string of the molecule is C[C@@H](Oc1ccc2[nH]nc(-c3cnc(N4CC(C)(NCCC(F)F)C4)c(C#N)c3)c2c1)c1c(Cl)cncc1Cl. The first-order valence-electron chi connectivity index (χ1n) is 12.3. The second-order valence-corrected chi connectivity index (χ2v) is 10.6. The Morgan fingerprint density at radius 3 is 2.64 bits per heavy atom. The molecule has 0 spiro atoms. The Kier molecular flexibility index (Phi) is 7.58. The third kappa shape index (κ3) is 5.62. The van der Waals surface area contributed by atoms with E-state index >= 15 is 0 Å². The smallest absolute Gasteiger partial charge is 0.239 e. The highest BCUT2D eigenvalue weighted by Crippen LogP contribution is 2.36. The van der Waals surface area contributed by atoms with Gasteiger partial charge in [-0.1, -0.05) is 23.2 Å². The van der Waals surface area contributed by atoms with Gasteiger partial charge < -0.3 is 15.0 Å². The van der Waals surface area contributed by atoms with E-state index in [1.54, 1.807) is 12.3 Å². The maximum atomic E-state index is 12.5. The van der Waals surface area contributed by atoms with Crippen LogP contribution in [0.4, 0.5) is 14.6 Å². The molecule has 1 aliphatic heterocycles. The van der Waals surface area contributed by atoms with Crippen LogP contribution in [-0.4, -0.2) is 51.8 Å². The number of alkyl halides is 2. The molecule has 0 amide bonds. The molecule has 12 heteroatoms. The minimum atomic E-state index is -2.33. The van der Waals surface area contributed by atoms with Crippen LogP contribution in [0.15, 0.2) is 42.9 Å². The summed E-state index contributed by atoms with van der Waals surface area (Å²) < 4.78 is 31.1. The Bertz CT molecular complexity index is 1530. The van der Waals surface area contributed by atoms with Crippen LogP contribution in [0, 0.1) is 11.3 Å². The number of H-pyrrole nitrogens is 1. The van der Waals surface area contributed by atoms with Crippen LogP contribution in [0.3, 0.4) is 0 Å². The molecule has 0 bridgehead atoms. The summed E-state index contributed by atoms with van der Waals surface area (Å²) in [6.45, 7) is 5.19. The molecule has 0 aliphatic carbocycles. The van der Waals surface area contributed by atoms with Gasteiger partial charge in [-0.15, -0.1) is 0 Å². The highest BCUT2D eigenvalue weighted by atomic mass is 35.5. The van der Waals surface area contributed by atoms with Crippen molar-refractivity contribution in [2.24, 2.45) is 0 Å². The molecule has 0 radical (unpaired) electrons. The molecule has 1 aliphatic rings. The Morgan fingerprint density at radius 1 is 1.21 bits per heavy atom. The maximum Gasteiger partial charge on any atom is 0.239 e. The molecule has 3 aromatic heterocycles. The molecule has 0 saturated carbocycles. The third-order valence-corrected chi connectivity index (χ3v) is 7.30. The second kappa shape index (κ2) is 10.9. The van der Waals surface area contributed by atoms with Crippen LogP contribution >= 0.6 is 23.2 Å². The van der Waals surface area contributed by atoms with E-state index in [0.717, 1.165) is 10.9 Å². The number of nitrogens with zero attached hydrogens (tertiary/aromatic N) is 5. The number of aromatic nitrogens is 4. The van der Waals surface area contributed by atoms with Crippen LogP contribution < -0.4 is 15.0 Å². The van der Waals surface area contributed by atoms with Gasteiger partial charge in [-0.3, -0.25) is 10.1 Å². The lowest BCUT2D eigenvalue weighted by Gasteiger charge is -2.49. The lowest BCUT2D eigenvalue weighted by Crippen LogP contribution is -2.68. The number of nitrogens with one attached hydrogen (secondary N) is 2. The van der Waals surface area contributed by atoms with E-state index in [4.69, 9.17) is 27.9 Å². The van der Waals surface area contributed by atoms with E-state index in [-0.39, 0.29) is 18.5 Å². The highest BCUT2D eigenvalue weighted by Gasteiger charge is 2.40. The van der Waals surface area contributed by atoms with Crippen LogP contribution in [0.25, 0.3) is 22.2 Å². The molecule has 4 heterocycles. The number of fused-ring (bicyclic) bond motifs is 1. The fourth-order valence-corrected chi connectivity index (χ4v) is 5.49. The Hall–Kier alpha value is -3.52. The number of ether oxygens (including phenoxy) is 1. The average molecular weight is 572 g/mol. The van der Waals surface area contributed by atoms with Gasteiger partial charge in [-0.2, -0.15) is 10.4 Å². The van der Waals surface area contributed by atoms with Gasteiger partial charge in [0.05, 0.1) is 26.7 Å². The third-order valence-electron chi connectivity index (χ3n) is 6.70. The molecule has 1 fully saturated rings. The van der Waals surface area contributed by atoms with Crippen LogP contribution in [0.5, 0.6) is 5.75 Å². The van der Waals surface area contributed by atoms with Gasteiger partial charge in [0, 0.05) is 61.2 Å². The zero-order valence-electron chi connectivity index (χ0n) is 21.2. The standard InChI is InChI=1S/C27H25Cl2F2N7O/c1-15(24-20(28)11-33-12-21(24)29)39-18-3-4-22-19(8-18)25(37-36-22)17-7-16(9-32)26(34-10-17)38-13-27(2,14-38)35-6-5-23(30)31/h3-4,7-8,10-12,15,23,35H,5-6,13-14H2,1-2H3,(H,36,37)/t15-/m1/s1. The predicted molar refractivity (Wildman–Crippen MR) is 147 cm³/mol. The summed E-state index contributed by atoms with van der Waals surface area (Å²) in [6.07, 6.45) is 1.76. The van der Waals surface area contributed by atoms with Gasteiger partial charge >= 0.3 is 0 Å². The zero-order valence-corrected chi connectivity index (χ0v) is 22.7. The van der Waals surface area contributed by atoms with Crippen molar-refractivity contribution in [3.8, 4) is 23.1 Å². The summed E-state index contributed by atoms with van der Waals surface area (Å²) in [6, 6.07) is 9.53. The average Bonchev–Trinajstić information content (AvgIpc) is 3.30. The van der Waals surface area contributed by atoms with Gasteiger partial charge in [0.15, 0.2) is 0 Å². The number of benzene rings is 1. The van der Waals surface area contributed by atoms with E-state index in [9.17, 15) is 14.0 Å². The molecule has 2 N–H and O–H groups in total. The number of rotatable bonds is 9. The van der Waals surface area contributed by atoms with Crippen molar-refractivity contribution in [2.75, 3.05) is 24.5 Å². The number of anilines is 1. The first-order valence-corrected chi connectivity index (χ1v) is 13.1. The fourth-order valence-electron chi connectivity index (χ4n) is 4.82. The van der Waals surface area contributed by atoms with E-state index in [0.29, 0.717) is 57.1 Å². The van der Waals surface area contributed by atoms with Crippen molar-refractivity contribution in [3.63, 3.8) is 0 Å². The highest BCUT2D eigenvalue weighted by molar-refractivity contribution is 6.35. The lowest BCUT2D eigenvalue weighted by molar-refractivity contribution is 0.131. The number of pyridine rings is 2. The fraction of sp³-hybridized carbons (Fsp3) is 0.333. The van der Waals surface area contributed by atoms with E-state index in [1.807, 2.05) is 36.9 Å². The molecule has 8 nitrogen and oxygen atoms in total. The van der Waals surface area contributed by atoms with Crippen molar-refractivity contribution >= 4 is 39.9 Å². The van der Waals surface area contributed by atoms with E-state index in [2.05, 4.69) is 31.6 Å². The van der Waals surface area contributed by atoms with Crippen molar-refractivity contribution in [2.45, 2.75) is 38.3 Å². The monoisotopic (exact) mass is 571 g/mol. The molecule has 1 aromatic carbocycles. The molecule has 202 valence electrons. The summed E-state index contributed by atoms with van der Waals surface area (Å²) in [7, 11) is 0. The topological polar surface area (TPSA) is 103 Å². The van der Waals surface area contributed by atoms with Crippen LogP contribution in [0.2, 0.25) is 10.0 Å². The van der Waals surface area contributed by atoms with Crippen LogP contribution in [0.1, 0.15) is 37.5 Å². The van der Waals surface area contributed by atoms with Crippen molar-refractivity contribution in [1.29, 1.82) is 5.26 Å². The summed E-state index contributed by atoms with van der Waals surface area (Å²) in [5.74, 6) is 1.14. The Labute approximate surface area is 233 Å². The zero-order chi connectivity index (χ0) is 27.7. The number of nitriles is 1. The van der Waals surface area contributed by atoms with E-state index < -0.39 is 12.5 Å². The molecule has 4 aromatic rings. The normalized spacial score (nSPS) is 15.3. The summed E-state index contributed by atoms with van der Waals surface area (Å²) in [4.78, 5) is 10.5. The molecule has 0 unspecified atom stereocenters. The van der Waals surface area contributed by atoms with Crippen molar-refractivity contribution < 1.29 is 13.5 Å². The minimum absolute atomic E-state index is 0.194. The summed E-state index contributed by atoms with van der Waals surface area (Å²) in [5, 5.41) is 22.1. The molecule has 5 rings (SSSR count). The summed E-state index contributed by atoms with van der Waals surface area (Å²) in [5.41, 5.74) is 2.83. The van der Waals surface area contributed by atoms with Gasteiger partial charge in [0.1, 0.15) is 29.4 Å². The molecule has 39 heavy (non-hydrogen) atoms. The Morgan fingerprint density at radius 2 is 1.95 bits per heavy atom. The first kappa shape index (κ1) is 27.1. The van der Waals surface area contributed by atoms with Gasteiger partial charge in [0.2, 0.25) is 6.43 Å². The van der Waals surface area contributed by atoms with E-state index in [1.165, 1.54) is 12.4 Å². The largest absolute Gasteiger partial charge is 0.486 e. The minimum Gasteiger partial charge on any atom is -0.486 e. The predicted octanol–water partition coefficient (Wildman–Crippen LogP) is 6.16. The maximum absolute atomic E-state index is 12.5. The second-order valence-electron chi connectivity index (χ2n) is 9.79. The summed E-state index contributed by atoms with van der Waals surface area (Å²) >= 11 is 12.6. The molecule has 1 saturated heterocycles. The van der Waals surface area contributed by atoms with Crippen molar-refractivity contribution in [1.82, 2.24) is 25.5 Å². The van der Waals surface area contributed by atoms with Crippen LogP contribution in [-0.2, 0) is 0 Å². The lowest BCUT2D eigenvalue weighted by atomic mass is 9.91.